The molecule has 0 fully saturated rings. The van der Waals surface area contributed by atoms with Crippen LogP contribution in [-0.4, -0.2) is 37.2 Å². The van der Waals surface area contributed by atoms with Gasteiger partial charge in [-0.3, -0.25) is 14.4 Å². The van der Waals surface area contributed by atoms with Crippen molar-refractivity contribution in [1.29, 1.82) is 0 Å². The SMILES string of the molecule is CC/C=C\C/C=C\C/C=C\C/C=C\C/C=C\C/C=C\CCCCC(=O)OCC(COC(=O)CCCCCCCCCCCCCCC)OC(=O)CCCCCCC/C=C\C/C=C\CCC. The van der Waals surface area contributed by atoms with E-state index in [1.54, 1.807) is 0 Å². The lowest BCUT2D eigenvalue weighted by molar-refractivity contribution is -0.167. The van der Waals surface area contributed by atoms with E-state index in [4.69, 9.17) is 14.2 Å². The lowest BCUT2D eigenvalue weighted by Crippen LogP contribution is -2.30. The van der Waals surface area contributed by atoms with Crippen molar-refractivity contribution >= 4 is 17.9 Å². The molecule has 0 aromatic carbocycles. The average Bonchev–Trinajstić information content (AvgIpc) is 3.30. The van der Waals surface area contributed by atoms with Crippen LogP contribution in [0.3, 0.4) is 0 Å². The fraction of sp³-hybridized carbons (Fsp3) is 0.678. The highest BCUT2D eigenvalue weighted by atomic mass is 16.6. The van der Waals surface area contributed by atoms with E-state index in [0.29, 0.717) is 19.3 Å². The standard InChI is InChI=1S/C59H98O6/c1-4-7-10-13-16-19-22-25-26-27-28-29-30-31-32-35-37-40-43-46-49-52-58(61)64-55-56(65-59(62)53-50-47-44-41-38-34-24-21-18-15-12-9-6-3)54-63-57(60)51-48-45-42-39-36-33-23-20-17-14-11-8-5-2/h7,10,12,15-16,19,21,24-26,28-29,31-32,37,40,56H,4-6,8-9,11,13-14,17-18,20,22-23,27,30,33-36,38-39,41-55H2,1-3H3/b10-7-,15-12-,19-16-,24-21-,26-25-,29-28-,32-31-,40-37-. The van der Waals surface area contributed by atoms with Crippen LogP contribution in [0.2, 0.25) is 0 Å². The first-order valence-corrected chi connectivity index (χ1v) is 26.7. The first kappa shape index (κ1) is 61.3. The summed E-state index contributed by atoms with van der Waals surface area (Å²) in [5.41, 5.74) is 0. The zero-order valence-corrected chi connectivity index (χ0v) is 42.2. The van der Waals surface area contributed by atoms with E-state index < -0.39 is 6.10 Å². The van der Waals surface area contributed by atoms with Gasteiger partial charge in [0.15, 0.2) is 6.10 Å². The summed E-state index contributed by atoms with van der Waals surface area (Å²) in [4.78, 5) is 38.0. The quantitative estimate of drug-likeness (QED) is 0.0262. The van der Waals surface area contributed by atoms with Crippen molar-refractivity contribution in [2.75, 3.05) is 13.2 Å². The monoisotopic (exact) mass is 903 g/mol. The molecule has 0 saturated heterocycles. The van der Waals surface area contributed by atoms with Gasteiger partial charge in [0.1, 0.15) is 13.2 Å². The number of carbonyl (C=O) groups excluding carboxylic acids is 3. The molecule has 0 saturated carbocycles. The summed E-state index contributed by atoms with van der Waals surface area (Å²) in [6.07, 6.45) is 69.6. The van der Waals surface area contributed by atoms with Gasteiger partial charge in [-0.2, -0.15) is 0 Å². The van der Waals surface area contributed by atoms with Crippen molar-refractivity contribution in [3.05, 3.63) is 97.2 Å². The number of esters is 3. The molecular weight excluding hydrogens is 805 g/mol. The van der Waals surface area contributed by atoms with Gasteiger partial charge in [0.2, 0.25) is 0 Å². The summed E-state index contributed by atoms with van der Waals surface area (Å²) >= 11 is 0. The molecule has 0 aromatic rings. The Morgan fingerprint density at radius 3 is 1.03 bits per heavy atom. The van der Waals surface area contributed by atoms with Crippen molar-refractivity contribution in [3.8, 4) is 0 Å². The Balaban J connectivity index is 4.46. The zero-order chi connectivity index (χ0) is 47.2. The first-order chi connectivity index (χ1) is 32.0. The minimum absolute atomic E-state index is 0.0963. The van der Waals surface area contributed by atoms with E-state index in [0.717, 1.165) is 128 Å². The van der Waals surface area contributed by atoms with Gasteiger partial charge in [0.05, 0.1) is 0 Å². The number of ether oxygens (including phenoxy) is 3. The maximum absolute atomic E-state index is 12.8. The molecule has 0 amide bonds. The summed E-state index contributed by atoms with van der Waals surface area (Å²) in [7, 11) is 0. The molecule has 0 aromatic heterocycles. The van der Waals surface area contributed by atoms with Crippen LogP contribution >= 0.6 is 0 Å². The summed E-state index contributed by atoms with van der Waals surface area (Å²) in [5.74, 6) is -0.957. The van der Waals surface area contributed by atoms with Crippen molar-refractivity contribution < 1.29 is 28.6 Å². The maximum Gasteiger partial charge on any atom is 0.306 e. The molecule has 0 aliphatic rings. The van der Waals surface area contributed by atoms with Crippen molar-refractivity contribution in [2.45, 2.75) is 245 Å². The predicted octanol–water partition coefficient (Wildman–Crippen LogP) is 17.8. The van der Waals surface area contributed by atoms with Crippen LogP contribution in [0, 0.1) is 0 Å². The van der Waals surface area contributed by atoms with Crippen LogP contribution in [0.5, 0.6) is 0 Å². The molecule has 0 radical (unpaired) electrons. The largest absolute Gasteiger partial charge is 0.462 e. The van der Waals surface area contributed by atoms with Crippen LogP contribution in [0.15, 0.2) is 97.2 Å². The Labute approximate surface area is 400 Å². The highest BCUT2D eigenvalue weighted by Gasteiger charge is 2.19. The van der Waals surface area contributed by atoms with Crippen molar-refractivity contribution in [2.24, 2.45) is 0 Å². The molecule has 0 heterocycles. The summed E-state index contributed by atoms with van der Waals surface area (Å²) < 4.78 is 16.8. The predicted molar refractivity (Wildman–Crippen MR) is 279 cm³/mol. The van der Waals surface area contributed by atoms with Gasteiger partial charge < -0.3 is 14.2 Å². The number of rotatable bonds is 47. The molecule has 370 valence electrons. The molecule has 0 bridgehead atoms. The number of allylic oxidation sites excluding steroid dienone is 16. The number of hydrogen-bond acceptors (Lipinski definition) is 6. The summed E-state index contributed by atoms with van der Waals surface area (Å²) in [6, 6.07) is 0. The number of hydrogen-bond donors (Lipinski definition) is 0. The van der Waals surface area contributed by atoms with Gasteiger partial charge in [-0.25, -0.2) is 0 Å². The van der Waals surface area contributed by atoms with E-state index in [1.165, 1.54) is 70.6 Å². The van der Waals surface area contributed by atoms with E-state index in [1.807, 2.05) is 0 Å². The van der Waals surface area contributed by atoms with Crippen LogP contribution < -0.4 is 0 Å². The highest BCUT2D eigenvalue weighted by Crippen LogP contribution is 2.14. The van der Waals surface area contributed by atoms with E-state index in [9.17, 15) is 14.4 Å². The minimum atomic E-state index is -0.801. The van der Waals surface area contributed by atoms with Crippen molar-refractivity contribution in [1.82, 2.24) is 0 Å². The topological polar surface area (TPSA) is 78.9 Å². The lowest BCUT2D eigenvalue weighted by Gasteiger charge is -2.18. The van der Waals surface area contributed by atoms with Gasteiger partial charge in [-0.15, -0.1) is 0 Å². The van der Waals surface area contributed by atoms with Crippen LogP contribution in [0.25, 0.3) is 0 Å². The van der Waals surface area contributed by atoms with Gasteiger partial charge in [0.25, 0.3) is 0 Å². The molecule has 65 heavy (non-hydrogen) atoms. The fourth-order valence-electron chi connectivity index (χ4n) is 7.07. The molecule has 1 atom stereocenters. The normalized spacial score (nSPS) is 12.8. The third kappa shape index (κ3) is 51.2. The lowest BCUT2D eigenvalue weighted by atomic mass is 10.0. The van der Waals surface area contributed by atoms with Crippen molar-refractivity contribution in [3.63, 3.8) is 0 Å². The second-order valence-corrected chi connectivity index (χ2v) is 17.4. The van der Waals surface area contributed by atoms with E-state index in [2.05, 4.69) is 118 Å². The Morgan fingerprint density at radius 1 is 0.323 bits per heavy atom. The first-order valence-electron chi connectivity index (χ1n) is 26.7. The minimum Gasteiger partial charge on any atom is -0.462 e. The average molecular weight is 903 g/mol. The molecule has 0 N–H and O–H groups in total. The number of unbranched alkanes of at least 4 members (excludes halogenated alkanes) is 20. The zero-order valence-electron chi connectivity index (χ0n) is 42.2. The van der Waals surface area contributed by atoms with Gasteiger partial charge in [-0.1, -0.05) is 221 Å². The summed E-state index contributed by atoms with van der Waals surface area (Å²) in [5, 5.41) is 0. The molecule has 1 unspecified atom stereocenters. The molecule has 6 nitrogen and oxygen atoms in total. The second-order valence-electron chi connectivity index (χ2n) is 17.4. The Morgan fingerprint density at radius 2 is 0.631 bits per heavy atom. The van der Waals surface area contributed by atoms with Gasteiger partial charge in [0, 0.05) is 19.3 Å². The molecule has 0 aliphatic heterocycles. The molecule has 0 rings (SSSR count). The third-order valence-electron chi connectivity index (χ3n) is 11.1. The fourth-order valence-corrected chi connectivity index (χ4v) is 7.07. The molecule has 0 spiro atoms. The summed E-state index contributed by atoms with van der Waals surface area (Å²) in [6.45, 7) is 6.41. The van der Waals surface area contributed by atoms with Gasteiger partial charge in [-0.05, 0) is 96.3 Å². The van der Waals surface area contributed by atoms with Crippen LogP contribution in [0.1, 0.15) is 239 Å². The van der Waals surface area contributed by atoms with E-state index >= 15 is 0 Å². The van der Waals surface area contributed by atoms with Crippen LogP contribution in [-0.2, 0) is 28.6 Å². The third-order valence-corrected chi connectivity index (χ3v) is 11.1. The molecule has 0 aliphatic carbocycles. The smallest absolute Gasteiger partial charge is 0.306 e. The Bertz CT molecular complexity index is 1310. The second kappa shape index (κ2) is 52.9. The van der Waals surface area contributed by atoms with Crippen LogP contribution in [0.4, 0.5) is 0 Å². The molecule has 6 heteroatoms. The Hall–Kier alpha value is -3.67. The number of carbonyl (C=O) groups is 3. The van der Waals surface area contributed by atoms with Gasteiger partial charge >= 0.3 is 17.9 Å². The molecular formula is C59H98O6. The Kier molecular flexibility index (Phi) is 50.0. The highest BCUT2D eigenvalue weighted by molar-refractivity contribution is 5.71. The maximum atomic E-state index is 12.8. The van der Waals surface area contributed by atoms with E-state index in [-0.39, 0.29) is 31.1 Å².